The molecule has 0 atom stereocenters. The molecule has 1 rings (SSSR count). The molecule has 0 spiro atoms. The first-order valence-corrected chi connectivity index (χ1v) is 5.59. The Morgan fingerprint density at radius 2 is 2.00 bits per heavy atom. The Hall–Kier alpha value is -1.18. The summed E-state index contributed by atoms with van der Waals surface area (Å²) in [5.74, 6) is 0. The van der Waals surface area contributed by atoms with Crippen LogP contribution in [-0.2, 0) is 0 Å². The molecule has 1 aromatic rings. The van der Waals surface area contributed by atoms with Gasteiger partial charge in [0.15, 0.2) is 0 Å². The molecule has 3 N–H and O–H groups in total. The van der Waals surface area contributed by atoms with E-state index < -0.39 is 0 Å². The highest BCUT2D eigenvalue weighted by Gasteiger charge is 2.17. The second-order valence-electron chi connectivity index (χ2n) is 4.80. The van der Waals surface area contributed by atoms with E-state index in [0.29, 0.717) is 0 Å². The average molecular weight is 206 g/mol. The summed E-state index contributed by atoms with van der Waals surface area (Å²) in [6, 6.07) is 6.01. The van der Waals surface area contributed by atoms with Crippen LogP contribution in [0.15, 0.2) is 18.2 Å². The lowest BCUT2D eigenvalue weighted by Crippen LogP contribution is -2.31. The molecular formula is C13H22N2. The number of benzene rings is 1. The molecule has 0 heterocycles. The maximum Gasteiger partial charge on any atom is 0.0607 e. The largest absolute Gasteiger partial charge is 0.397 e. The van der Waals surface area contributed by atoms with Crippen LogP contribution in [0.25, 0.3) is 0 Å². The lowest BCUT2D eigenvalue weighted by Gasteiger charge is -2.29. The van der Waals surface area contributed by atoms with Crippen molar-refractivity contribution < 1.29 is 0 Å². The Labute approximate surface area is 92.9 Å². The summed E-state index contributed by atoms with van der Waals surface area (Å²) in [7, 11) is 0. The van der Waals surface area contributed by atoms with Gasteiger partial charge < -0.3 is 11.1 Å². The molecule has 2 heteroatoms. The van der Waals surface area contributed by atoms with Crippen molar-refractivity contribution in [3.63, 3.8) is 0 Å². The van der Waals surface area contributed by atoms with Crippen LogP contribution < -0.4 is 11.1 Å². The molecule has 0 aliphatic heterocycles. The van der Waals surface area contributed by atoms with Crippen LogP contribution >= 0.6 is 0 Å². The van der Waals surface area contributed by atoms with Gasteiger partial charge in [-0.15, -0.1) is 0 Å². The topological polar surface area (TPSA) is 38.0 Å². The van der Waals surface area contributed by atoms with Gasteiger partial charge in [0.05, 0.1) is 11.4 Å². The van der Waals surface area contributed by atoms with E-state index >= 15 is 0 Å². The van der Waals surface area contributed by atoms with Gasteiger partial charge in [0.2, 0.25) is 0 Å². The second kappa shape index (κ2) is 4.56. The number of nitrogen functional groups attached to an aromatic ring is 1. The molecule has 0 saturated heterocycles. The number of para-hydroxylation sites is 1. The van der Waals surface area contributed by atoms with Gasteiger partial charge in [0.1, 0.15) is 0 Å². The Bertz CT molecular complexity index is 309. The van der Waals surface area contributed by atoms with E-state index in [4.69, 9.17) is 5.73 Å². The molecule has 0 fully saturated rings. The fraction of sp³-hybridized carbons (Fsp3) is 0.538. The normalized spacial score (nSPS) is 11.5. The first-order valence-electron chi connectivity index (χ1n) is 5.59. The quantitative estimate of drug-likeness (QED) is 0.739. The molecule has 0 aliphatic rings. The SMILES string of the molecule is CCCC(C)(C)Nc1c(C)cccc1N. The zero-order valence-corrected chi connectivity index (χ0v) is 10.2. The van der Waals surface area contributed by atoms with E-state index in [2.05, 4.69) is 39.1 Å². The van der Waals surface area contributed by atoms with Crippen LogP contribution in [0.3, 0.4) is 0 Å². The molecule has 0 unspecified atom stereocenters. The molecule has 0 aromatic heterocycles. The zero-order valence-electron chi connectivity index (χ0n) is 10.2. The summed E-state index contributed by atoms with van der Waals surface area (Å²) in [5, 5.41) is 3.53. The third-order valence-electron chi connectivity index (χ3n) is 2.64. The summed E-state index contributed by atoms with van der Waals surface area (Å²) >= 11 is 0. The number of hydrogen-bond acceptors (Lipinski definition) is 2. The summed E-state index contributed by atoms with van der Waals surface area (Å²) < 4.78 is 0. The van der Waals surface area contributed by atoms with Gasteiger partial charge in [0, 0.05) is 5.54 Å². The van der Waals surface area contributed by atoms with Crippen molar-refractivity contribution in [3.05, 3.63) is 23.8 Å². The number of hydrogen-bond donors (Lipinski definition) is 2. The number of anilines is 2. The smallest absolute Gasteiger partial charge is 0.0607 e. The Morgan fingerprint density at radius 1 is 1.33 bits per heavy atom. The lowest BCUT2D eigenvalue weighted by molar-refractivity contribution is 0.511. The van der Waals surface area contributed by atoms with Crippen LogP contribution in [0.1, 0.15) is 39.2 Å². The molecule has 0 bridgehead atoms. The predicted molar refractivity (Wildman–Crippen MR) is 68.2 cm³/mol. The lowest BCUT2D eigenvalue weighted by atomic mass is 9.97. The van der Waals surface area contributed by atoms with Crippen LogP contribution in [0, 0.1) is 6.92 Å². The fourth-order valence-corrected chi connectivity index (χ4v) is 1.89. The Kier molecular flexibility index (Phi) is 3.61. The predicted octanol–water partition coefficient (Wildman–Crippen LogP) is 3.57. The van der Waals surface area contributed by atoms with E-state index in [1.165, 1.54) is 12.0 Å². The zero-order chi connectivity index (χ0) is 11.5. The average Bonchev–Trinajstić information content (AvgIpc) is 2.11. The summed E-state index contributed by atoms with van der Waals surface area (Å²) in [4.78, 5) is 0. The molecule has 2 nitrogen and oxygen atoms in total. The highest BCUT2D eigenvalue weighted by Crippen LogP contribution is 2.27. The summed E-state index contributed by atoms with van der Waals surface area (Å²) in [6.45, 7) is 8.70. The molecule has 0 saturated carbocycles. The van der Waals surface area contributed by atoms with E-state index in [1.54, 1.807) is 0 Å². The molecule has 0 radical (unpaired) electrons. The highest BCUT2D eigenvalue weighted by atomic mass is 15.0. The fourth-order valence-electron chi connectivity index (χ4n) is 1.89. The minimum Gasteiger partial charge on any atom is -0.397 e. The van der Waals surface area contributed by atoms with Crippen molar-refractivity contribution in [2.75, 3.05) is 11.1 Å². The third-order valence-corrected chi connectivity index (χ3v) is 2.64. The van der Waals surface area contributed by atoms with Crippen molar-refractivity contribution in [1.82, 2.24) is 0 Å². The first-order chi connectivity index (χ1) is 6.96. The van der Waals surface area contributed by atoms with Gasteiger partial charge in [-0.25, -0.2) is 0 Å². The van der Waals surface area contributed by atoms with Crippen molar-refractivity contribution in [3.8, 4) is 0 Å². The van der Waals surface area contributed by atoms with Gasteiger partial charge in [-0.1, -0.05) is 25.5 Å². The van der Waals surface area contributed by atoms with Gasteiger partial charge in [-0.3, -0.25) is 0 Å². The van der Waals surface area contributed by atoms with Gasteiger partial charge in [-0.05, 0) is 38.8 Å². The Balaban J connectivity index is 2.89. The van der Waals surface area contributed by atoms with Crippen molar-refractivity contribution in [2.45, 2.75) is 46.1 Å². The molecule has 0 amide bonds. The number of nitrogens with two attached hydrogens (primary N) is 1. The van der Waals surface area contributed by atoms with Crippen molar-refractivity contribution in [2.24, 2.45) is 0 Å². The molecular weight excluding hydrogens is 184 g/mol. The van der Waals surface area contributed by atoms with E-state index in [-0.39, 0.29) is 5.54 Å². The number of nitrogens with one attached hydrogen (secondary N) is 1. The minimum absolute atomic E-state index is 0.106. The van der Waals surface area contributed by atoms with Crippen LogP contribution in [0.2, 0.25) is 0 Å². The monoisotopic (exact) mass is 206 g/mol. The Morgan fingerprint density at radius 3 is 2.53 bits per heavy atom. The molecule has 15 heavy (non-hydrogen) atoms. The minimum atomic E-state index is 0.106. The third kappa shape index (κ3) is 3.15. The van der Waals surface area contributed by atoms with Crippen molar-refractivity contribution in [1.29, 1.82) is 0 Å². The van der Waals surface area contributed by atoms with Gasteiger partial charge in [-0.2, -0.15) is 0 Å². The highest BCUT2D eigenvalue weighted by molar-refractivity contribution is 5.70. The van der Waals surface area contributed by atoms with E-state index in [1.807, 2.05) is 12.1 Å². The van der Waals surface area contributed by atoms with Crippen LogP contribution in [0.5, 0.6) is 0 Å². The molecule has 0 aliphatic carbocycles. The standard InChI is InChI=1S/C13H22N2/c1-5-9-13(3,4)15-12-10(2)7-6-8-11(12)14/h6-8,15H,5,9,14H2,1-4H3. The van der Waals surface area contributed by atoms with E-state index in [9.17, 15) is 0 Å². The number of rotatable bonds is 4. The molecule has 1 aromatic carbocycles. The van der Waals surface area contributed by atoms with Crippen LogP contribution in [-0.4, -0.2) is 5.54 Å². The summed E-state index contributed by atoms with van der Waals surface area (Å²) in [5.41, 5.74) is 9.19. The van der Waals surface area contributed by atoms with Crippen molar-refractivity contribution >= 4 is 11.4 Å². The van der Waals surface area contributed by atoms with Gasteiger partial charge in [0.25, 0.3) is 0 Å². The van der Waals surface area contributed by atoms with E-state index in [0.717, 1.165) is 17.8 Å². The maximum absolute atomic E-state index is 5.96. The number of aryl methyl sites for hydroxylation is 1. The summed E-state index contributed by atoms with van der Waals surface area (Å²) in [6.07, 6.45) is 2.31. The second-order valence-corrected chi connectivity index (χ2v) is 4.80. The van der Waals surface area contributed by atoms with Crippen LogP contribution in [0.4, 0.5) is 11.4 Å². The maximum atomic E-state index is 5.96. The van der Waals surface area contributed by atoms with Gasteiger partial charge >= 0.3 is 0 Å². The molecule has 84 valence electrons. The first kappa shape index (κ1) is 11.9.